The van der Waals surface area contributed by atoms with Crippen molar-refractivity contribution in [2.75, 3.05) is 0 Å². The molecule has 0 N–H and O–H groups in total. The third-order valence-corrected chi connectivity index (χ3v) is 16.2. The first kappa shape index (κ1) is 41.0. The van der Waals surface area contributed by atoms with Crippen molar-refractivity contribution in [1.29, 1.82) is 0 Å². The molecule has 0 bridgehead atoms. The lowest BCUT2D eigenvalue weighted by Gasteiger charge is -2.20. The minimum absolute atomic E-state index is 1.20. The van der Waals surface area contributed by atoms with Gasteiger partial charge in [0.2, 0.25) is 0 Å². The van der Waals surface area contributed by atoms with Gasteiger partial charge in [0.15, 0.2) is 0 Å². The molecular formula is C74H44. The van der Waals surface area contributed by atoms with Crippen LogP contribution in [0.3, 0.4) is 0 Å². The Bertz CT molecular complexity index is 4230. The van der Waals surface area contributed by atoms with Crippen LogP contribution in [0.4, 0.5) is 0 Å². The van der Waals surface area contributed by atoms with Crippen LogP contribution in [0.1, 0.15) is 0 Å². The van der Waals surface area contributed by atoms with Gasteiger partial charge in [0.05, 0.1) is 0 Å². The van der Waals surface area contributed by atoms with E-state index in [-0.39, 0.29) is 0 Å². The molecule has 0 aliphatic heterocycles. The molecule has 0 aromatic heterocycles. The van der Waals surface area contributed by atoms with Gasteiger partial charge in [-0.15, -0.1) is 0 Å². The van der Waals surface area contributed by atoms with E-state index in [1.54, 1.807) is 0 Å². The van der Waals surface area contributed by atoms with Crippen molar-refractivity contribution in [3.63, 3.8) is 0 Å². The summed E-state index contributed by atoms with van der Waals surface area (Å²) in [6.07, 6.45) is 0. The topological polar surface area (TPSA) is 0 Å². The molecule has 0 nitrogen and oxygen atoms in total. The summed E-state index contributed by atoms with van der Waals surface area (Å²) in [5, 5.41) is 12.7. The summed E-state index contributed by atoms with van der Waals surface area (Å²) in [4.78, 5) is 0. The molecule has 14 aromatic rings. The molecule has 14 aromatic carbocycles. The lowest BCUT2D eigenvalue weighted by Crippen LogP contribution is -1.93. The maximum absolute atomic E-state index is 2.54. The lowest BCUT2D eigenvalue weighted by atomic mass is 9.83. The van der Waals surface area contributed by atoms with Gasteiger partial charge in [0, 0.05) is 0 Å². The lowest BCUT2D eigenvalue weighted by molar-refractivity contribution is 1.58. The molecule has 0 heteroatoms. The summed E-state index contributed by atoms with van der Waals surface area (Å²) >= 11 is 0. The molecule has 16 rings (SSSR count). The molecule has 0 atom stereocenters. The fourth-order valence-electron chi connectivity index (χ4n) is 12.8. The average molecular weight is 933 g/mol. The third kappa shape index (κ3) is 6.22. The summed E-state index contributed by atoms with van der Waals surface area (Å²) < 4.78 is 0. The van der Waals surface area contributed by atoms with Crippen LogP contribution in [0.2, 0.25) is 0 Å². The van der Waals surface area contributed by atoms with Gasteiger partial charge in [-0.1, -0.05) is 194 Å². The van der Waals surface area contributed by atoms with Gasteiger partial charge in [-0.05, 0) is 238 Å². The second-order valence-corrected chi connectivity index (χ2v) is 20.3. The minimum atomic E-state index is 1.20. The van der Waals surface area contributed by atoms with Crippen molar-refractivity contribution in [2.24, 2.45) is 0 Å². The molecule has 0 spiro atoms. The van der Waals surface area contributed by atoms with E-state index in [2.05, 4.69) is 267 Å². The zero-order chi connectivity index (χ0) is 48.4. The van der Waals surface area contributed by atoms with Crippen LogP contribution >= 0.6 is 0 Å². The molecular weight excluding hydrogens is 889 g/mol. The van der Waals surface area contributed by atoms with Crippen LogP contribution in [0.5, 0.6) is 0 Å². The Morgan fingerprint density at radius 2 is 0.378 bits per heavy atom. The molecule has 0 heterocycles. The Balaban J connectivity index is 1.07. The summed E-state index contributed by atoms with van der Waals surface area (Å²) in [7, 11) is 0. The molecule has 0 radical (unpaired) electrons. The fraction of sp³-hybridized carbons (Fsp3) is 0. The van der Waals surface area contributed by atoms with Crippen LogP contribution in [0.25, 0.3) is 165 Å². The van der Waals surface area contributed by atoms with E-state index in [0.29, 0.717) is 0 Å². The highest BCUT2D eigenvalue weighted by Gasteiger charge is 2.27. The molecule has 0 amide bonds. The monoisotopic (exact) mass is 932 g/mol. The number of fused-ring (bicyclic) bond motifs is 11. The van der Waals surface area contributed by atoms with Crippen LogP contribution in [0, 0.1) is 0 Å². The van der Waals surface area contributed by atoms with Gasteiger partial charge in [-0.2, -0.15) is 0 Å². The molecule has 2 aliphatic rings. The Morgan fingerprint density at radius 3 is 0.676 bits per heavy atom. The van der Waals surface area contributed by atoms with Gasteiger partial charge in [-0.3, -0.25) is 0 Å². The molecule has 74 heavy (non-hydrogen) atoms. The smallest absolute Gasteiger partial charge is 0.00264 e. The second kappa shape index (κ2) is 15.9. The molecule has 0 saturated heterocycles. The van der Waals surface area contributed by atoms with E-state index in [4.69, 9.17) is 0 Å². The Morgan fingerprint density at radius 1 is 0.135 bits per heavy atom. The van der Waals surface area contributed by atoms with Crippen molar-refractivity contribution >= 4 is 53.9 Å². The van der Waals surface area contributed by atoms with Crippen LogP contribution in [-0.2, 0) is 0 Å². The predicted molar refractivity (Wildman–Crippen MR) is 315 cm³/mol. The van der Waals surface area contributed by atoms with Crippen molar-refractivity contribution in [3.8, 4) is 111 Å². The normalized spacial score (nSPS) is 12.1. The largest absolute Gasteiger partial charge is 0.0622 e. The summed E-state index contributed by atoms with van der Waals surface area (Å²) in [6.45, 7) is 0. The van der Waals surface area contributed by atoms with E-state index in [1.807, 2.05) is 0 Å². The van der Waals surface area contributed by atoms with E-state index in [0.717, 1.165) is 0 Å². The first-order valence-electron chi connectivity index (χ1n) is 25.8. The first-order chi connectivity index (χ1) is 36.7. The van der Waals surface area contributed by atoms with Gasteiger partial charge in [-0.25, -0.2) is 0 Å². The standard InChI is InChI=1S/C74H44/c1-5-17-45(18-6-1)51-33-52(46-19-7-2-8-20-46)36-55(35-51)61-39-69-70(71-43-65-59-31-15-27-49-25-13-29-57(73(49)59)63(65)41-67(61)71)40-62(56-37-53(47-21-9-3-10-22-47)34-54(38-56)48-23-11-4-12-24-48)68-42-64-58-30-14-26-50-28-16-32-60(74(50)58)66(64)44-72(68)69/h1-44H. The molecule has 340 valence electrons. The predicted octanol–water partition coefficient (Wildman–Crippen LogP) is 20.7. The quantitative estimate of drug-likeness (QED) is 0.146. The minimum Gasteiger partial charge on any atom is -0.0622 e. The highest BCUT2D eigenvalue weighted by atomic mass is 14.3. The van der Waals surface area contributed by atoms with E-state index >= 15 is 0 Å². The van der Waals surface area contributed by atoms with E-state index < -0.39 is 0 Å². The van der Waals surface area contributed by atoms with Gasteiger partial charge in [0.1, 0.15) is 0 Å². The Labute approximate surface area is 429 Å². The Hall–Kier alpha value is -9.62. The summed E-state index contributed by atoms with van der Waals surface area (Å²) in [6, 6.07) is 100. The molecule has 2 aliphatic carbocycles. The van der Waals surface area contributed by atoms with Gasteiger partial charge in [0.25, 0.3) is 0 Å². The van der Waals surface area contributed by atoms with Gasteiger partial charge < -0.3 is 0 Å². The van der Waals surface area contributed by atoms with Crippen molar-refractivity contribution in [2.45, 2.75) is 0 Å². The maximum atomic E-state index is 2.54. The number of hydrogen-bond acceptors (Lipinski definition) is 0. The van der Waals surface area contributed by atoms with E-state index in [9.17, 15) is 0 Å². The maximum Gasteiger partial charge on any atom is -0.00264 e. The second-order valence-electron chi connectivity index (χ2n) is 20.3. The highest BCUT2D eigenvalue weighted by Crippen LogP contribution is 2.54. The van der Waals surface area contributed by atoms with E-state index in [1.165, 1.54) is 165 Å². The number of benzene rings is 14. The SMILES string of the molecule is c1ccc(-c2cc(-c3ccccc3)cc(-c3cc4c5cc6c(cc5c(-c5cc(-c7ccccc7)cc(-c7ccccc7)c5)cc4c4cc5c(cc34)-c3cccc4cccc-5c34)-c3cccc4cccc-6c34)c2)cc1. The highest BCUT2D eigenvalue weighted by molar-refractivity contribution is 6.29. The summed E-state index contributed by atoms with van der Waals surface area (Å²) in [5.74, 6) is 0. The van der Waals surface area contributed by atoms with Crippen molar-refractivity contribution in [1.82, 2.24) is 0 Å². The zero-order valence-corrected chi connectivity index (χ0v) is 40.4. The first-order valence-corrected chi connectivity index (χ1v) is 25.8. The van der Waals surface area contributed by atoms with Crippen LogP contribution < -0.4 is 0 Å². The number of hydrogen-bond donors (Lipinski definition) is 0. The fourth-order valence-corrected chi connectivity index (χ4v) is 12.8. The molecule has 0 fully saturated rings. The average Bonchev–Trinajstić information content (AvgIpc) is 3.98. The van der Waals surface area contributed by atoms with Crippen LogP contribution in [-0.4, -0.2) is 0 Å². The number of rotatable bonds is 6. The Kier molecular flexibility index (Phi) is 8.84. The van der Waals surface area contributed by atoms with Crippen molar-refractivity contribution < 1.29 is 0 Å². The van der Waals surface area contributed by atoms with Crippen molar-refractivity contribution in [3.05, 3.63) is 267 Å². The zero-order valence-electron chi connectivity index (χ0n) is 40.4. The molecule has 0 saturated carbocycles. The third-order valence-electron chi connectivity index (χ3n) is 16.2. The van der Waals surface area contributed by atoms with Crippen LogP contribution in [0.15, 0.2) is 267 Å². The van der Waals surface area contributed by atoms with Gasteiger partial charge >= 0.3 is 0 Å². The molecule has 0 unspecified atom stereocenters. The summed E-state index contributed by atoms with van der Waals surface area (Å²) in [5.41, 5.74) is 24.8.